The molecule has 3 N–H and O–H groups in total. The van der Waals surface area contributed by atoms with Gasteiger partial charge in [-0.05, 0) is 65.5 Å². The number of ether oxygens (including phenoxy) is 1. The van der Waals surface area contributed by atoms with E-state index in [0.29, 0.717) is 24.1 Å². The van der Waals surface area contributed by atoms with E-state index in [0.717, 1.165) is 6.92 Å². The first-order valence-electron chi connectivity index (χ1n) is 12.8. The quantitative estimate of drug-likeness (QED) is 0.394. The van der Waals surface area contributed by atoms with Crippen LogP contribution in [0.25, 0.3) is 11.3 Å². The van der Waals surface area contributed by atoms with E-state index < -0.39 is 44.4 Å². The number of anilines is 1. The summed E-state index contributed by atoms with van der Waals surface area (Å²) in [5, 5.41) is 19.9. The van der Waals surface area contributed by atoms with Crippen LogP contribution in [0.3, 0.4) is 0 Å². The highest BCUT2D eigenvalue weighted by Crippen LogP contribution is 2.41. The van der Waals surface area contributed by atoms with E-state index in [2.05, 4.69) is 15.7 Å². The van der Waals surface area contributed by atoms with E-state index in [4.69, 9.17) is 16.3 Å². The lowest BCUT2D eigenvalue weighted by atomic mass is 9.84. The normalized spacial score (nSPS) is 21.1. The van der Waals surface area contributed by atoms with Crippen molar-refractivity contribution in [2.45, 2.75) is 82.0 Å². The second-order valence-electron chi connectivity index (χ2n) is 11.4. The first-order chi connectivity index (χ1) is 18.3. The minimum Gasteiger partial charge on any atom is -0.496 e. The average molecular weight is 609 g/mol. The fourth-order valence-corrected chi connectivity index (χ4v) is 6.03. The van der Waals surface area contributed by atoms with Gasteiger partial charge in [0.2, 0.25) is 0 Å². The number of aromatic nitrogens is 2. The first-order valence-corrected chi connectivity index (χ1v) is 15.1. The molecule has 1 atom stereocenters. The Morgan fingerprint density at radius 3 is 2.38 bits per heavy atom. The molecule has 9 nitrogen and oxygen atoms in total. The molecule has 0 spiro atoms. The van der Waals surface area contributed by atoms with Crippen LogP contribution in [-0.2, 0) is 15.4 Å². The Kier molecular flexibility index (Phi) is 9.12. The number of hydrogen-bond donors (Lipinski definition) is 3. The van der Waals surface area contributed by atoms with Gasteiger partial charge in [0.15, 0.2) is 5.69 Å². The molecule has 1 aliphatic rings. The summed E-state index contributed by atoms with van der Waals surface area (Å²) in [6, 6.07) is 2.62. The van der Waals surface area contributed by atoms with Crippen LogP contribution in [0.1, 0.15) is 63.9 Å². The number of aliphatic hydroxyl groups is 1. The number of halogens is 4. The first kappa shape index (κ1) is 32.0. The zero-order chi connectivity index (χ0) is 30.3. The Balaban J connectivity index is 1.90. The molecule has 224 valence electrons. The molecule has 0 aliphatic heterocycles. The molecule has 40 heavy (non-hydrogen) atoms. The number of alkyl halides is 3. The van der Waals surface area contributed by atoms with Gasteiger partial charge in [-0.3, -0.25) is 9.48 Å². The van der Waals surface area contributed by atoms with Gasteiger partial charge in [-0.25, -0.2) is 8.42 Å². The Hall–Kier alpha value is -2.51. The van der Waals surface area contributed by atoms with Gasteiger partial charge in [-0.2, -0.15) is 18.3 Å². The van der Waals surface area contributed by atoms with Gasteiger partial charge in [0, 0.05) is 30.1 Å². The summed E-state index contributed by atoms with van der Waals surface area (Å²) in [6.07, 6.45) is -2.25. The predicted molar refractivity (Wildman–Crippen MR) is 148 cm³/mol. The topological polar surface area (TPSA) is 123 Å². The van der Waals surface area contributed by atoms with Crippen molar-refractivity contribution < 1.29 is 36.2 Å². The second kappa shape index (κ2) is 11.4. The van der Waals surface area contributed by atoms with E-state index in [-0.39, 0.29) is 41.5 Å². The Morgan fingerprint density at radius 2 is 1.88 bits per heavy atom. The van der Waals surface area contributed by atoms with Crippen LogP contribution >= 0.6 is 11.6 Å². The third-order valence-electron chi connectivity index (χ3n) is 7.06. The maximum atomic E-state index is 13.2. The van der Waals surface area contributed by atoms with Crippen molar-refractivity contribution in [3.63, 3.8) is 0 Å². The van der Waals surface area contributed by atoms with Crippen molar-refractivity contribution in [1.29, 1.82) is 0 Å². The van der Waals surface area contributed by atoms with Gasteiger partial charge in [0.1, 0.15) is 21.6 Å². The number of nitrogens with zero attached hydrogens (tertiary/aromatic N) is 2. The number of amides is 1. The SMILES string of the molecule is COc1cc(N[C@H](C)C(F)(F)F)ccc1-c1c(Cl)c(C(=O)NCC2(O)CCC(S(C)(=O)=O)CC2)nn1C(C)(C)C. The summed E-state index contributed by atoms with van der Waals surface area (Å²) < 4.78 is 69.8. The Bertz CT molecular complexity index is 1350. The van der Waals surface area contributed by atoms with E-state index in [1.165, 1.54) is 25.5 Å². The molecule has 0 radical (unpaired) electrons. The zero-order valence-corrected chi connectivity index (χ0v) is 24.9. The van der Waals surface area contributed by atoms with Crippen LogP contribution in [-0.4, -0.2) is 72.2 Å². The van der Waals surface area contributed by atoms with Crippen LogP contribution in [0, 0.1) is 0 Å². The minimum absolute atomic E-state index is 0.00266. The molecule has 0 bridgehead atoms. The fourth-order valence-electron chi connectivity index (χ4n) is 4.63. The number of hydrogen-bond acceptors (Lipinski definition) is 7. The molecule has 2 aromatic rings. The molecule has 1 amide bonds. The van der Waals surface area contributed by atoms with Gasteiger partial charge < -0.3 is 20.5 Å². The monoisotopic (exact) mass is 608 g/mol. The van der Waals surface area contributed by atoms with E-state index in [1.54, 1.807) is 10.7 Å². The molecule has 1 saturated carbocycles. The molecule has 14 heteroatoms. The zero-order valence-electron chi connectivity index (χ0n) is 23.3. The van der Waals surface area contributed by atoms with Crippen LogP contribution in [0.4, 0.5) is 18.9 Å². The lowest BCUT2D eigenvalue weighted by Gasteiger charge is -2.35. The van der Waals surface area contributed by atoms with Gasteiger partial charge in [-0.15, -0.1) is 0 Å². The summed E-state index contributed by atoms with van der Waals surface area (Å²) in [6.45, 7) is 6.43. The highest BCUT2D eigenvalue weighted by molar-refractivity contribution is 7.91. The van der Waals surface area contributed by atoms with E-state index in [1.807, 2.05) is 20.8 Å². The molecule has 1 aromatic heterocycles. The minimum atomic E-state index is -4.44. The van der Waals surface area contributed by atoms with Crippen molar-refractivity contribution in [3.05, 3.63) is 28.9 Å². The summed E-state index contributed by atoms with van der Waals surface area (Å²) >= 11 is 6.71. The number of nitrogens with one attached hydrogen (secondary N) is 2. The van der Waals surface area contributed by atoms with Crippen LogP contribution in [0.2, 0.25) is 5.02 Å². The van der Waals surface area contributed by atoms with Crippen molar-refractivity contribution >= 4 is 33.0 Å². The molecule has 0 saturated heterocycles. The molecule has 3 rings (SSSR count). The van der Waals surface area contributed by atoms with Gasteiger partial charge >= 0.3 is 6.18 Å². The van der Waals surface area contributed by atoms with Crippen LogP contribution in [0.15, 0.2) is 18.2 Å². The molecular weight excluding hydrogens is 573 g/mol. The van der Waals surface area contributed by atoms with E-state index in [9.17, 15) is 31.5 Å². The third-order valence-corrected chi connectivity index (χ3v) is 9.10. The molecular formula is C26H36ClF3N4O5S. The standard InChI is InChI=1S/C26H36ClF3N4O5S/c1-15(26(28,29)30)32-16-7-8-18(19(13-16)39-5)22-20(27)21(33-34(22)24(2,3)4)23(35)31-14-25(36)11-9-17(10-12-25)40(6,37)38/h7-8,13,15,17,32,36H,9-12,14H2,1-6H3,(H,31,35)/t15-,17?,25?/m1/s1. The van der Waals surface area contributed by atoms with Crippen molar-refractivity contribution in [1.82, 2.24) is 15.1 Å². The third kappa shape index (κ3) is 7.22. The Morgan fingerprint density at radius 1 is 1.27 bits per heavy atom. The van der Waals surface area contributed by atoms with Gasteiger partial charge in [-0.1, -0.05) is 11.6 Å². The molecule has 1 heterocycles. The summed E-state index contributed by atoms with van der Waals surface area (Å²) in [5.41, 5.74) is -1.10. The number of carbonyl (C=O) groups excluding carboxylic acids is 1. The number of carbonyl (C=O) groups is 1. The maximum Gasteiger partial charge on any atom is 0.408 e. The molecule has 1 fully saturated rings. The number of rotatable bonds is 8. The van der Waals surface area contributed by atoms with Gasteiger partial charge in [0.05, 0.1) is 34.2 Å². The van der Waals surface area contributed by atoms with E-state index >= 15 is 0 Å². The van der Waals surface area contributed by atoms with Gasteiger partial charge in [0.25, 0.3) is 5.91 Å². The summed E-state index contributed by atoms with van der Waals surface area (Å²) in [4.78, 5) is 13.2. The molecule has 1 aromatic carbocycles. The summed E-state index contributed by atoms with van der Waals surface area (Å²) in [5.74, 6) is -0.417. The highest BCUT2D eigenvalue weighted by Gasteiger charge is 2.38. The second-order valence-corrected chi connectivity index (χ2v) is 14.1. The predicted octanol–water partition coefficient (Wildman–Crippen LogP) is 4.78. The maximum absolute atomic E-state index is 13.2. The molecule has 1 aliphatic carbocycles. The molecule has 0 unspecified atom stereocenters. The van der Waals surface area contributed by atoms with Crippen molar-refractivity contribution in [3.8, 4) is 17.0 Å². The fraction of sp³-hybridized carbons (Fsp3) is 0.615. The Labute approximate surface area is 237 Å². The van der Waals surface area contributed by atoms with Crippen molar-refractivity contribution in [2.24, 2.45) is 0 Å². The average Bonchev–Trinajstić information content (AvgIpc) is 3.19. The van der Waals surface area contributed by atoms with Crippen molar-refractivity contribution in [2.75, 3.05) is 25.2 Å². The largest absolute Gasteiger partial charge is 0.496 e. The van der Waals surface area contributed by atoms with Crippen LogP contribution in [0.5, 0.6) is 5.75 Å². The number of sulfone groups is 1. The smallest absolute Gasteiger partial charge is 0.408 e. The number of benzene rings is 1. The highest BCUT2D eigenvalue weighted by atomic mass is 35.5. The lowest BCUT2D eigenvalue weighted by molar-refractivity contribution is -0.138. The van der Waals surface area contributed by atoms with Crippen LogP contribution < -0.4 is 15.4 Å². The lowest BCUT2D eigenvalue weighted by Crippen LogP contribution is -2.47. The number of methoxy groups -OCH3 is 1. The summed E-state index contributed by atoms with van der Waals surface area (Å²) in [7, 11) is -1.84.